The van der Waals surface area contributed by atoms with Gasteiger partial charge < -0.3 is 26.6 Å². The Balaban J connectivity index is 1.93. The van der Waals surface area contributed by atoms with E-state index in [1.807, 2.05) is 12.1 Å². The third kappa shape index (κ3) is 6.41. The molecule has 0 unspecified atom stereocenters. The monoisotopic (exact) mass is 467 g/mol. The van der Waals surface area contributed by atoms with Crippen LogP contribution in [-0.4, -0.2) is 54.4 Å². The van der Waals surface area contributed by atoms with Crippen LogP contribution in [0.25, 0.3) is 11.1 Å². The van der Waals surface area contributed by atoms with E-state index < -0.39 is 5.91 Å². The highest BCUT2D eigenvalue weighted by Gasteiger charge is 2.18. The van der Waals surface area contributed by atoms with Crippen molar-refractivity contribution in [1.29, 1.82) is 0 Å². The first-order chi connectivity index (χ1) is 15.8. The van der Waals surface area contributed by atoms with Crippen LogP contribution in [0.2, 0.25) is 5.02 Å². The molecule has 0 fully saturated rings. The molecule has 2 aromatic heterocycles. The summed E-state index contributed by atoms with van der Waals surface area (Å²) in [6.07, 6.45) is 3.28. The first-order valence-electron chi connectivity index (χ1n) is 10.2. The largest absolute Gasteiger partial charge is 0.373 e. The zero-order valence-electron chi connectivity index (χ0n) is 18.6. The number of hydrogen-bond acceptors (Lipinski definition) is 7. The molecule has 33 heavy (non-hydrogen) atoms. The van der Waals surface area contributed by atoms with Crippen LogP contribution in [0.4, 0.5) is 17.3 Å². The Morgan fingerprint density at radius 3 is 2.55 bits per heavy atom. The van der Waals surface area contributed by atoms with E-state index in [0.29, 0.717) is 34.2 Å². The quantitative estimate of drug-likeness (QED) is 0.381. The molecule has 0 bridgehead atoms. The van der Waals surface area contributed by atoms with Crippen molar-refractivity contribution in [1.82, 2.24) is 14.9 Å². The average molecular weight is 468 g/mol. The second-order valence-corrected chi connectivity index (χ2v) is 8.05. The number of likely N-dealkylation sites (N-methyl/N-ethyl adjacent to an activating group) is 1. The molecule has 5 N–H and O–H groups in total. The fourth-order valence-corrected chi connectivity index (χ4v) is 3.53. The lowest BCUT2D eigenvalue weighted by molar-refractivity contribution is -0.116. The Morgan fingerprint density at radius 2 is 1.85 bits per heavy atom. The van der Waals surface area contributed by atoms with Gasteiger partial charge in [0.05, 0.1) is 12.1 Å². The van der Waals surface area contributed by atoms with E-state index in [1.165, 1.54) is 0 Å². The van der Waals surface area contributed by atoms with Crippen LogP contribution >= 0.6 is 11.6 Å². The van der Waals surface area contributed by atoms with Gasteiger partial charge in [-0.1, -0.05) is 11.6 Å². The molecule has 0 saturated heterocycles. The molecule has 172 valence electrons. The number of rotatable bonds is 9. The number of aromatic nitrogens is 2. The van der Waals surface area contributed by atoms with Gasteiger partial charge in [-0.15, -0.1) is 0 Å². The van der Waals surface area contributed by atoms with Gasteiger partial charge in [0, 0.05) is 36.7 Å². The number of nitrogens with one attached hydrogen (secondary N) is 3. The highest BCUT2D eigenvalue weighted by atomic mass is 35.5. The number of carbonyl (C=O) groups excluding carboxylic acids is 2. The summed E-state index contributed by atoms with van der Waals surface area (Å²) < 4.78 is 0. The molecule has 0 atom stereocenters. The van der Waals surface area contributed by atoms with Gasteiger partial charge >= 0.3 is 0 Å². The number of anilines is 3. The molecule has 0 aliphatic carbocycles. The van der Waals surface area contributed by atoms with Crippen LogP contribution < -0.4 is 21.7 Å². The van der Waals surface area contributed by atoms with Crippen LogP contribution in [0.15, 0.2) is 48.8 Å². The molecule has 0 aliphatic rings. The molecule has 3 aromatic rings. The lowest BCUT2D eigenvalue weighted by Crippen LogP contribution is -2.27. The first kappa shape index (κ1) is 24.0. The van der Waals surface area contributed by atoms with E-state index in [0.717, 1.165) is 11.4 Å². The molecule has 2 heterocycles. The van der Waals surface area contributed by atoms with Gasteiger partial charge in [-0.3, -0.25) is 9.59 Å². The van der Waals surface area contributed by atoms with Crippen LogP contribution in [-0.2, 0) is 11.3 Å². The van der Waals surface area contributed by atoms with Gasteiger partial charge in [0.1, 0.15) is 11.6 Å². The van der Waals surface area contributed by atoms with Crippen molar-refractivity contribution in [3.63, 3.8) is 0 Å². The topological polar surface area (TPSA) is 125 Å². The summed E-state index contributed by atoms with van der Waals surface area (Å²) in [5.74, 6) is 0.262. The van der Waals surface area contributed by atoms with E-state index in [9.17, 15) is 9.59 Å². The minimum atomic E-state index is -0.635. The number of nitrogens with zero attached hydrogens (tertiary/aromatic N) is 3. The maximum atomic E-state index is 12.4. The molecular weight excluding hydrogens is 442 g/mol. The Morgan fingerprint density at radius 1 is 1.09 bits per heavy atom. The standard InChI is InChI=1S/C23H26ClN7O2/c1-26-19-8-14(4-6-27-19)12-29-23-21(22(25)33)18(5-7-28-23)15-9-16(24)11-17(10-15)30-20(32)13-31(2)3/h4-11H,12-13H2,1-3H3,(H2,25,33)(H,26,27)(H,28,29)(H,30,32). The maximum absolute atomic E-state index is 12.4. The number of nitrogens with two attached hydrogens (primary N) is 1. The molecule has 0 saturated carbocycles. The smallest absolute Gasteiger partial charge is 0.253 e. The molecule has 1 aromatic carbocycles. The number of halogens is 1. The van der Waals surface area contributed by atoms with E-state index in [2.05, 4.69) is 25.9 Å². The number of benzene rings is 1. The van der Waals surface area contributed by atoms with Crippen LogP contribution in [0.1, 0.15) is 15.9 Å². The predicted molar refractivity (Wildman–Crippen MR) is 131 cm³/mol. The Bertz CT molecular complexity index is 1170. The zero-order valence-corrected chi connectivity index (χ0v) is 19.4. The highest BCUT2D eigenvalue weighted by molar-refractivity contribution is 6.31. The Kier molecular flexibility index (Phi) is 7.81. The van der Waals surface area contributed by atoms with Crippen molar-refractivity contribution in [2.45, 2.75) is 6.54 Å². The Labute approximate surface area is 197 Å². The second-order valence-electron chi connectivity index (χ2n) is 7.61. The second kappa shape index (κ2) is 10.8. The van der Waals surface area contributed by atoms with Gasteiger partial charge in [0.25, 0.3) is 5.91 Å². The lowest BCUT2D eigenvalue weighted by atomic mass is 9.99. The van der Waals surface area contributed by atoms with Crippen molar-refractivity contribution < 1.29 is 9.59 Å². The average Bonchev–Trinajstić information content (AvgIpc) is 2.76. The van der Waals surface area contributed by atoms with Crippen molar-refractivity contribution in [3.05, 3.63) is 64.9 Å². The Hall–Kier alpha value is -3.69. The van der Waals surface area contributed by atoms with Gasteiger partial charge in [0.15, 0.2) is 0 Å². The third-order valence-electron chi connectivity index (χ3n) is 4.69. The van der Waals surface area contributed by atoms with Crippen molar-refractivity contribution in [3.8, 4) is 11.1 Å². The summed E-state index contributed by atoms with van der Waals surface area (Å²) in [7, 11) is 5.40. The molecule has 0 aliphatic heterocycles. The zero-order chi connectivity index (χ0) is 24.0. The SMILES string of the molecule is CNc1cc(CNc2nccc(-c3cc(Cl)cc(NC(=O)CN(C)C)c3)c2C(N)=O)ccn1. The summed E-state index contributed by atoms with van der Waals surface area (Å²) in [4.78, 5) is 34.9. The van der Waals surface area contributed by atoms with Gasteiger partial charge in [-0.2, -0.15) is 0 Å². The minimum Gasteiger partial charge on any atom is -0.373 e. The van der Waals surface area contributed by atoms with E-state index >= 15 is 0 Å². The summed E-state index contributed by atoms with van der Waals surface area (Å²) in [6, 6.07) is 10.5. The van der Waals surface area contributed by atoms with E-state index in [-0.39, 0.29) is 18.0 Å². The third-order valence-corrected chi connectivity index (χ3v) is 4.91. The number of primary amides is 1. The molecule has 0 radical (unpaired) electrons. The van der Waals surface area contributed by atoms with Crippen LogP contribution in [0.3, 0.4) is 0 Å². The van der Waals surface area contributed by atoms with Crippen LogP contribution in [0.5, 0.6) is 0 Å². The number of pyridine rings is 2. The van der Waals surface area contributed by atoms with Crippen molar-refractivity contribution in [2.24, 2.45) is 5.73 Å². The number of hydrogen-bond donors (Lipinski definition) is 4. The number of carbonyl (C=O) groups is 2. The summed E-state index contributed by atoms with van der Waals surface area (Å²) in [5.41, 5.74) is 8.61. The first-order valence-corrected chi connectivity index (χ1v) is 10.6. The van der Waals surface area contributed by atoms with Gasteiger partial charge in [-0.25, -0.2) is 9.97 Å². The highest BCUT2D eigenvalue weighted by Crippen LogP contribution is 2.32. The molecular formula is C23H26ClN7O2. The summed E-state index contributed by atoms with van der Waals surface area (Å²) in [5, 5.41) is 9.39. The van der Waals surface area contributed by atoms with Gasteiger partial charge in [-0.05, 0) is 67.2 Å². The fraction of sp³-hybridized carbons (Fsp3) is 0.217. The van der Waals surface area contributed by atoms with Crippen LogP contribution in [0, 0.1) is 0 Å². The predicted octanol–water partition coefficient (Wildman–Crippen LogP) is 3.05. The maximum Gasteiger partial charge on any atom is 0.253 e. The minimum absolute atomic E-state index is 0.182. The lowest BCUT2D eigenvalue weighted by Gasteiger charge is -2.15. The summed E-state index contributed by atoms with van der Waals surface area (Å²) >= 11 is 6.31. The normalized spacial score (nSPS) is 10.7. The number of amides is 2. The fourth-order valence-electron chi connectivity index (χ4n) is 3.30. The summed E-state index contributed by atoms with van der Waals surface area (Å²) in [6.45, 7) is 0.636. The molecule has 3 rings (SSSR count). The molecule has 9 nitrogen and oxygen atoms in total. The van der Waals surface area contributed by atoms with E-state index in [4.69, 9.17) is 17.3 Å². The van der Waals surface area contributed by atoms with Crippen molar-refractivity contribution >= 4 is 40.7 Å². The molecule has 2 amide bonds. The molecule has 0 spiro atoms. The molecule has 10 heteroatoms. The van der Waals surface area contributed by atoms with Gasteiger partial charge in [0.2, 0.25) is 5.91 Å². The van der Waals surface area contributed by atoms with E-state index in [1.54, 1.807) is 62.7 Å². The van der Waals surface area contributed by atoms with Crippen molar-refractivity contribution in [2.75, 3.05) is 43.6 Å².